The van der Waals surface area contributed by atoms with E-state index < -0.39 is 48.5 Å². The molecular formula is C31H38N8O7. The Hall–Kier alpha value is -4.17. The number of aliphatic hydroxyl groups excluding tert-OH is 4. The molecule has 0 bridgehead atoms. The van der Waals surface area contributed by atoms with Gasteiger partial charge in [-0.05, 0) is 32.8 Å². The minimum Gasteiger partial charge on any atom is -0.394 e. The maximum Gasteiger partial charge on any atom is 0.332 e. The molecule has 46 heavy (non-hydrogen) atoms. The molecule has 0 radical (unpaired) electrons. The van der Waals surface area contributed by atoms with Gasteiger partial charge in [-0.2, -0.15) is 4.98 Å². The molecule has 244 valence electrons. The van der Waals surface area contributed by atoms with Gasteiger partial charge in [0.2, 0.25) is 5.95 Å². The van der Waals surface area contributed by atoms with E-state index in [4.69, 9.17) is 9.72 Å². The van der Waals surface area contributed by atoms with E-state index in [0.717, 1.165) is 27.6 Å². The number of ether oxygens (including phenoxy) is 1. The second kappa shape index (κ2) is 12.9. The Bertz CT molecular complexity index is 1940. The van der Waals surface area contributed by atoms with Crippen molar-refractivity contribution in [2.45, 2.75) is 76.5 Å². The van der Waals surface area contributed by atoms with Crippen LogP contribution in [0, 0.1) is 18.8 Å². The fraction of sp³-hybridized carbons (Fsp3) is 0.516. The number of benzene rings is 1. The Morgan fingerprint density at radius 1 is 1.07 bits per heavy atom. The van der Waals surface area contributed by atoms with E-state index in [1.807, 2.05) is 36.1 Å². The first-order chi connectivity index (χ1) is 22.1. The first kappa shape index (κ1) is 31.8. The zero-order chi connectivity index (χ0) is 32.7. The SMILES string of the molecule is CC#CCn1c(N2CCC[C@@H](NC3O[C@H](CO)[C@@H](O)[C@H](O)[C@H]3O)C2)nc2c1c(=O)n(Cc1nc(C)c3ccccc3n1)c(=O)n2C. The molecule has 3 aromatic heterocycles. The normalized spacial score (nSPS) is 25.2. The first-order valence-electron chi connectivity index (χ1n) is 15.3. The molecule has 0 aliphatic carbocycles. The van der Waals surface area contributed by atoms with Crippen molar-refractivity contribution in [2.75, 3.05) is 24.6 Å². The maximum absolute atomic E-state index is 14.1. The predicted molar refractivity (Wildman–Crippen MR) is 168 cm³/mol. The van der Waals surface area contributed by atoms with Crippen molar-refractivity contribution in [1.29, 1.82) is 0 Å². The summed E-state index contributed by atoms with van der Waals surface area (Å²) in [5, 5.41) is 44.6. The fourth-order valence-corrected chi connectivity index (χ4v) is 6.32. The van der Waals surface area contributed by atoms with Crippen molar-refractivity contribution in [1.82, 2.24) is 34.0 Å². The van der Waals surface area contributed by atoms with Crippen LogP contribution in [-0.2, 0) is 24.9 Å². The molecule has 2 fully saturated rings. The van der Waals surface area contributed by atoms with Crippen LogP contribution in [0.2, 0.25) is 0 Å². The van der Waals surface area contributed by atoms with Gasteiger partial charge < -0.3 is 30.1 Å². The van der Waals surface area contributed by atoms with Crippen LogP contribution in [-0.4, -0.2) is 105 Å². The lowest BCUT2D eigenvalue weighted by Crippen LogP contribution is -2.64. The number of rotatable bonds is 7. The van der Waals surface area contributed by atoms with Gasteiger partial charge in [-0.1, -0.05) is 24.1 Å². The van der Waals surface area contributed by atoms with Crippen LogP contribution in [0.5, 0.6) is 0 Å². The zero-order valence-electron chi connectivity index (χ0n) is 25.9. The van der Waals surface area contributed by atoms with Crippen molar-refractivity contribution >= 4 is 28.0 Å². The number of piperidine rings is 1. The summed E-state index contributed by atoms with van der Waals surface area (Å²) in [7, 11) is 1.57. The predicted octanol–water partition coefficient (Wildman–Crippen LogP) is -1.42. The number of fused-ring (bicyclic) bond motifs is 2. The van der Waals surface area contributed by atoms with Crippen LogP contribution < -0.4 is 21.5 Å². The van der Waals surface area contributed by atoms with Crippen LogP contribution >= 0.6 is 0 Å². The molecule has 0 amide bonds. The van der Waals surface area contributed by atoms with Gasteiger partial charge in [-0.3, -0.25) is 23.8 Å². The van der Waals surface area contributed by atoms with Crippen LogP contribution in [0.3, 0.4) is 0 Å². The van der Waals surface area contributed by atoms with Crippen LogP contribution in [0.15, 0.2) is 33.9 Å². The Kier molecular flexibility index (Phi) is 8.92. The van der Waals surface area contributed by atoms with Gasteiger partial charge in [0, 0.05) is 37.3 Å². The summed E-state index contributed by atoms with van der Waals surface area (Å²) in [5.74, 6) is 6.70. The number of aryl methyl sites for hydroxylation is 2. The number of hydrogen-bond donors (Lipinski definition) is 5. The van der Waals surface area contributed by atoms with Gasteiger partial charge in [0.15, 0.2) is 11.2 Å². The van der Waals surface area contributed by atoms with Gasteiger partial charge in [-0.25, -0.2) is 14.8 Å². The minimum absolute atomic E-state index is 0.123. The highest BCUT2D eigenvalue weighted by atomic mass is 16.6. The molecule has 6 atom stereocenters. The topological polar surface area (TPSA) is 193 Å². The molecule has 15 heteroatoms. The zero-order valence-corrected chi connectivity index (χ0v) is 25.9. The molecule has 5 N–H and O–H groups in total. The average molecular weight is 635 g/mol. The third-order valence-electron chi connectivity index (χ3n) is 8.76. The number of nitrogens with zero attached hydrogens (tertiary/aromatic N) is 7. The number of anilines is 1. The summed E-state index contributed by atoms with van der Waals surface area (Å²) in [4.78, 5) is 43.5. The maximum atomic E-state index is 14.1. The largest absolute Gasteiger partial charge is 0.394 e. The standard InChI is InChI=1S/C31H38N8O7/c1-4-5-13-38-23-27(36(3)31(45)39(29(23)44)15-22-32-17(2)19-10-6-7-11-20(19)34-22)35-30(38)37-12-8-9-18(14-37)33-28-26(43)25(42)24(41)21(16-40)46-28/h6-7,10-11,18,21,24-26,28,33,40-43H,8-9,12-16H2,1-3H3/t18-,21-,24-,25+,26-,28?/m1/s1. The van der Waals surface area contributed by atoms with Gasteiger partial charge in [0.1, 0.15) is 36.5 Å². The molecule has 6 rings (SSSR count). The quantitative estimate of drug-likeness (QED) is 0.149. The summed E-state index contributed by atoms with van der Waals surface area (Å²) in [5.41, 5.74) is 0.829. The van der Waals surface area contributed by atoms with E-state index in [1.54, 1.807) is 18.5 Å². The molecule has 2 aliphatic heterocycles. The van der Waals surface area contributed by atoms with E-state index in [9.17, 15) is 30.0 Å². The lowest BCUT2D eigenvalue weighted by atomic mass is 9.97. The van der Waals surface area contributed by atoms with Crippen LogP contribution in [0.25, 0.3) is 22.1 Å². The molecule has 15 nitrogen and oxygen atoms in total. The van der Waals surface area contributed by atoms with Crippen LogP contribution in [0.4, 0.5) is 5.95 Å². The Morgan fingerprint density at radius 2 is 1.85 bits per heavy atom. The summed E-state index contributed by atoms with van der Waals surface area (Å²) in [6.45, 7) is 4.07. The molecule has 5 heterocycles. The average Bonchev–Trinajstić information content (AvgIpc) is 3.45. The van der Waals surface area contributed by atoms with Crippen molar-refractivity contribution < 1.29 is 25.2 Å². The smallest absolute Gasteiger partial charge is 0.332 e. The number of nitrogens with one attached hydrogen (secondary N) is 1. The number of imidazole rings is 1. The van der Waals surface area contributed by atoms with Crippen LogP contribution in [0.1, 0.15) is 31.3 Å². The lowest BCUT2D eigenvalue weighted by molar-refractivity contribution is -0.238. The van der Waals surface area contributed by atoms with Gasteiger partial charge in [0.25, 0.3) is 5.56 Å². The minimum atomic E-state index is -1.49. The highest BCUT2D eigenvalue weighted by Crippen LogP contribution is 2.26. The fourth-order valence-electron chi connectivity index (χ4n) is 6.32. The van der Waals surface area contributed by atoms with E-state index in [-0.39, 0.29) is 30.3 Å². The molecule has 2 aliphatic rings. The van der Waals surface area contributed by atoms with Gasteiger partial charge in [0.05, 0.1) is 25.2 Å². The van der Waals surface area contributed by atoms with E-state index >= 15 is 0 Å². The molecule has 1 unspecified atom stereocenters. The summed E-state index contributed by atoms with van der Waals surface area (Å²) in [6, 6.07) is 7.32. The monoisotopic (exact) mass is 634 g/mol. The van der Waals surface area contributed by atoms with Gasteiger partial charge in [-0.15, -0.1) is 5.92 Å². The summed E-state index contributed by atoms with van der Waals surface area (Å²) >= 11 is 0. The highest BCUT2D eigenvalue weighted by molar-refractivity contribution is 5.80. The van der Waals surface area contributed by atoms with Crippen molar-refractivity contribution in [2.24, 2.45) is 7.05 Å². The first-order valence-corrected chi connectivity index (χ1v) is 15.3. The molecule has 1 aromatic carbocycles. The lowest BCUT2D eigenvalue weighted by Gasteiger charge is -2.43. The second-order valence-electron chi connectivity index (χ2n) is 11.8. The third kappa shape index (κ3) is 5.68. The second-order valence-corrected chi connectivity index (χ2v) is 11.8. The van der Waals surface area contributed by atoms with E-state index in [2.05, 4.69) is 27.1 Å². The number of aromatic nitrogens is 6. The third-order valence-corrected chi connectivity index (χ3v) is 8.76. The number of hydrogen-bond acceptors (Lipinski definition) is 12. The molecular weight excluding hydrogens is 596 g/mol. The molecule has 2 saturated heterocycles. The molecule has 0 spiro atoms. The van der Waals surface area contributed by atoms with Crippen molar-refractivity contribution in [3.63, 3.8) is 0 Å². The van der Waals surface area contributed by atoms with Gasteiger partial charge >= 0.3 is 5.69 Å². The summed E-state index contributed by atoms with van der Waals surface area (Å²) in [6.07, 6.45) is -4.99. The van der Waals surface area contributed by atoms with Crippen molar-refractivity contribution in [3.8, 4) is 11.8 Å². The van der Waals surface area contributed by atoms with E-state index in [1.165, 1.54) is 4.57 Å². The van der Waals surface area contributed by atoms with Crippen molar-refractivity contribution in [3.05, 3.63) is 56.6 Å². The Labute approximate surface area is 263 Å². The number of aliphatic hydroxyl groups is 4. The summed E-state index contributed by atoms with van der Waals surface area (Å²) < 4.78 is 9.84. The molecule has 0 saturated carbocycles. The van der Waals surface area contributed by atoms with E-state index in [0.29, 0.717) is 31.3 Å². The molecule has 4 aromatic rings. The Morgan fingerprint density at radius 3 is 2.61 bits per heavy atom. The Balaban J connectivity index is 1.35. The highest BCUT2D eigenvalue weighted by Gasteiger charge is 2.44. The number of para-hydroxylation sites is 1.